The van der Waals surface area contributed by atoms with Crippen LogP contribution in [0.15, 0.2) is 24.3 Å². The third-order valence-corrected chi connectivity index (χ3v) is 4.16. The maximum absolute atomic E-state index is 12.7. The van der Waals surface area contributed by atoms with Crippen molar-refractivity contribution in [1.82, 2.24) is 4.90 Å². The van der Waals surface area contributed by atoms with Gasteiger partial charge in [0.25, 0.3) is 6.43 Å². The van der Waals surface area contributed by atoms with Gasteiger partial charge in [-0.1, -0.05) is 44.5 Å². The summed E-state index contributed by atoms with van der Waals surface area (Å²) in [6, 6.07) is 6.93. The number of nitrogens with zero attached hydrogens (tertiary/aromatic N) is 1. The molecule has 1 heterocycles. The molecular weight excluding hydrogens is 270 g/mol. The lowest BCUT2D eigenvalue weighted by atomic mass is 9.95. The first-order valence-electron chi connectivity index (χ1n) is 7.86. The van der Waals surface area contributed by atoms with Gasteiger partial charge in [-0.05, 0) is 30.9 Å². The van der Waals surface area contributed by atoms with E-state index in [0.717, 1.165) is 37.9 Å². The molecule has 1 fully saturated rings. The number of nitrogens with two attached hydrogens (primary N) is 1. The van der Waals surface area contributed by atoms with Gasteiger partial charge in [-0.25, -0.2) is 8.78 Å². The monoisotopic (exact) mass is 296 g/mol. The zero-order chi connectivity index (χ0) is 15.4. The molecule has 2 nitrogen and oxygen atoms in total. The van der Waals surface area contributed by atoms with Crippen molar-refractivity contribution in [1.29, 1.82) is 0 Å². The first kappa shape index (κ1) is 16.4. The van der Waals surface area contributed by atoms with E-state index in [1.54, 1.807) is 0 Å². The fourth-order valence-corrected chi connectivity index (χ4v) is 3.23. The first-order chi connectivity index (χ1) is 9.99. The number of benzene rings is 1. The summed E-state index contributed by atoms with van der Waals surface area (Å²) in [6.45, 7) is 6.43. The second-order valence-electron chi connectivity index (χ2n) is 6.46. The van der Waals surface area contributed by atoms with Crippen LogP contribution in [-0.2, 0) is 0 Å². The van der Waals surface area contributed by atoms with Crippen LogP contribution in [0, 0.1) is 5.92 Å². The van der Waals surface area contributed by atoms with Gasteiger partial charge in [0.1, 0.15) is 0 Å². The van der Waals surface area contributed by atoms with Crippen LogP contribution in [0.5, 0.6) is 0 Å². The summed E-state index contributed by atoms with van der Waals surface area (Å²) in [5.74, 6) is 0.568. The molecule has 2 atom stereocenters. The van der Waals surface area contributed by atoms with Crippen LogP contribution in [0.1, 0.15) is 56.7 Å². The molecule has 0 aliphatic carbocycles. The van der Waals surface area contributed by atoms with Crippen LogP contribution in [0.4, 0.5) is 8.78 Å². The number of likely N-dealkylation sites (tertiary alicyclic amines) is 1. The number of rotatable bonds is 4. The minimum atomic E-state index is -2.41. The molecule has 4 heteroatoms. The third-order valence-electron chi connectivity index (χ3n) is 4.16. The molecule has 2 unspecified atom stereocenters. The van der Waals surface area contributed by atoms with Crippen LogP contribution in [0.25, 0.3) is 0 Å². The van der Waals surface area contributed by atoms with Gasteiger partial charge in [0.2, 0.25) is 0 Å². The SMILES string of the molecule is CC(C)CN1CCCCC(N)C1c1ccc(C(F)F)cc1. The van der Waals surface area contributed by atoms with Crippen LogP contribution >= 0.6 is 0 Å². The summed E-state index contributed by atoms with van der Waals surface area (Å²) in [7, 11) is 0. The van der Waals surface area contributed by atoms with Gasteiger partial charge in [-0.2, -0.15) is 0 Å². The van der Waals surface area contributed by atoms with Crippen molar-refractivity contribution in [3.8, 4) is 0 Å². The lowest BCUT2D eigenvalue weighted by Crippen LogP contribution is -2.41. The largest absolute Gasteiger partial charge is 0.326 e. The molecule has 1 aromatic rings. The van der Waals surface area contributed by atoms with Crippen molar-refractivity contribution in [3.63, 3.8) is 0 Å². The van der Waals surface area contributed by atoms with Crippen molar-refractivity contribution in [2.75, 3.05) is 13.1 Å². The summed E-state index contributed by atoms with van der Waals surface area (Å²) < 4.78 is 25.4. The highest BCUT2D eigenvalue weighted by Crippen LogP contribution is 2.31. The van der Waals surface area contributed by atoms with E-state index >= 15 is 0 Å². The highest BCUT2D eigenvalue weighted by atomic mass is 19.3. The van der Waals surface area contributed by atoms with Crippen LogP contribution in [0.2, 0.25) is 0 Å². The Kier molecular flexibility index (Phi) is 5.71. The molecule has 21 heavy (non-hydrogen) atoms. The highest BCUT2D eigenvalue weighted by Gasteiger charge is 2.29. The molecule has 0 amide bonds. The Morgan fingerprint density at radius 2 is 1.86 bits per heavy atom. The molecule has 1 aliphatic heterocycles. The molecule has 1 saturated heterocycles. The minimum absolute atomic E-state index is 0.0728. The fourth-order valence-electron chi connectivity index (χ4n) is 3.23. The average Bonchev–Trinajstić information content (AvgIpc) is 2.60. The van der Waals surface area contributed by atoms with E-state index in [2.05, 4.69) is 18.7 Å². The fraction of sp³-hybridized carbons (Fsp3) is 0.647. The standard InChI is InChI=1S/C17H26F2N2/c1-12(2)11-21-10-4-3-5-15(20)16(21)13-6-8-14(9-7-13)17(18)19/h6-9,12,15-17H,3-5,10-11,20H2,1-2H3. The number of hydrogen-bond donors (Lipinski definition) is 1. The van der Waals surface area contributed by atoms with Crippen LogP contribution < -0.4 is 5.73 Å². The van der Waals surface area contributed by atoms with E-state index in [0.29, 0.717) is 5.92 Å². The van der Waals surface area contributed by atoms with E-state index < -0.39 is 6.43 Å². The molecule has 0 radical (unpaired) electrons. The predicted octanol–water partition coefficient (Wildman–Crippen LogP) is 4.13. The predicted molar refractivity (Wildman–Crippen MR) is 82.4 cm³/mol. The average molecular weight is 296 g/mol. The molecule has 1 aromatic carbocycles. The van der Waals surface area contributed by atoms with Crippen molar-refractivity contribution >= 4 is 0 Å². The van der Waals surface area contributed by atoms with Gasteiger partial charge in [-0.15, -0.1) is 0 Å². The second-order valence-corrected chi connectivity index (χ2v) is 6.46. The van der Waals surface area contributed by atoms with Crippen molar-refractivity contribution < 1.29 is 8.78 Å². The van der Waals surface area contributed by atoms with E-state index in [1.807, 2.05) is 12.1 Å². The van der Waals surface area contributed by atoms with Crippen molar-refractivity contribution in [2.45, 2.75) is 51.6 Å². The zero-order valence-electron chi connectivity index (χ0n) is 12.9. The maximum Gasteiger partial charge on any atom is 0.263 e. The van der Waals surface area contributed by atoms with Crippen molar-refractivity contribution in [2.24, 2.45) is 11.7 Å². The molecule has 0 aromatic heterocycles. The van der Waals surface area contributed by atoms with Crippen LogP contribution in [0.3, 0.4) is 0 Å². The van der Waals surface area contributed by atoms with Gasteiger partial charge in [0.15, 0.2) is 0 Å². The molecular formula is C17H26F2N2. The molecule has 0 saturated carbocycles. The molecule has 0 bridgehead atoms. The summed E-state index contributed by atoms with van der Waals surface area (Å²) in [4.78, 5) is 2.43. The van der Waals surface area contributed by atoms with Gasteiger partial charge in [-0.3, -0.25) is 4.90 Å². The van der Waals surface area contributed by atoms with Gasteiger partial charge in [0, 0.05) is 24.2 Å². The molecule has 2 rings (SSSR count). The molecule has 1 aliphatic rings. The summed E-state index contributed by atoms with van der Waals surface area (Å²) in [5, 5.41) is 0. The Morgan fingerprint density at radius 1 is 1.19 bits per heavy atom. The Labute approximate surface area is 126 Å². The van der Waals surface area contributed by atoms with E-state index in [-0.39, 0.29) is 17.6 Å². The third kappa shape index (κ3) is 4.24. The number of alkyl halides is 2. The van der Waals surface area contributed by atoms with E-state index in [1.165, 1.54) is 12.1 Å². The topological polar surface area (TPSA) is 29.3 Å². The second kappa shape index (κ2) is 7.32. The normalized spacial score (nSPS) is 24.5. The minimum Gasteiger partial charge on any atom is -0.326 e. The maximum atomic E-state index is 12.7. The summed E-state index contributed by atoms with van der Waals surface area (Å²) in [6.07, 6.45) is 0.886. The van der Waals surface area contributed by atoms with Gasteiger partial charge in [0.05, 0.1) is 0 Å². The van der Waals surface area contributed by atoms with Gasteiger partial charge >= 0.3 is 0 Å². The van der Waals surface area contributed by atoms with Crippen molar-refractivity contribution in [3.05, 3.63) is 35.4 Å². The van der Waals surface area contributed by atoms with E-state index in [9.17, 15) is 8.78 Å². The Bertz CT molecular complexity index is 431. The quantitative estimate of drug-likeness (QED) is 0.905. The zero-order valence-corrected chi connectivity index (χ0v) is 12.9. The van der Waals surface area contributed by atoms with Crippen LogP contribution in [-0.4, -0.2) is 24.0 Å². The smallest absolute Gasteiger partial charge is 0.263 e. The highest BCUT2D eigenvalue weighted by molar-refractivity contribution is 5.27. The Hall–Kier alpha value is -1.00. The molecule has 118 valence electrons. The van der Waals surface area contributed by atoms with E-state index in [4.69, 9.17) is 5.73 Å². The first-order valence-corrected chi connectivity index (χ1v) is 7.86. The lowest BCUT2D eigenvalue weighted by Gasteiger charge is -2.35. The lowest BCUT2D eigenvalue weighted by molar-refractivity contribution is 0.151. The summed E-state index contributed by atoms with van der Waals surface area (Å²) in [5.41, 5.74) is 7.53. The molecule has 2 N–H and O–H groups in total. The Balaban J connectivity index is 2.25. The number of hydrogen-bond acceptors (Lipinski definition) is 2. The summed E-state index contributed by atoms with van der Waals surface area (Å²) >= 11 is 0. The molecule has 0 spiro atoms. The van der Waals surface area contributed by atoms with Gasteiger partial charge < -0.3 is 5.73 Å². The number of halogens is 2. The Morgan fingerprint density at radius 3 is 2.43 bits per heavy atom.